The highest BCUT2D eigenvalue weighted by Gasteiger charge is 2.40. The molecule has 2 N–H and O–H groups in total. The molecule has 0 heterocycles. The molecule has 0 aromatic heterocycles. The summed E-state index contributed by atoms with van der Waals surface area (Å²) in [6.07, 6.45) is 3.76. The molecule has 0 unspecified atom stereocenters. The zero-order chi connectivity index (χ0) is 22.4. The third kappa shape index (κ3) is 6.21. The van der Waals surface area contributed by atoms with E-state index in [2.05, 4.69) is 15.4 Å². The summed E-state index contributed by atoms with van der Waals surface area (Å²) in [5, 5.41) is 6.62. The molecular formula is C23H24Cl2N2O4. The Kier molecular flexibility index (Phi) is 7.57. The van der Waals surface area contributed by atoms with Crippen LogP contribution >= 0.6 is 23.2 Å². The van der Waals surface area contributed by atoms with Gasteiger partial charge in [-0.05, 0) is 67.5 Å². The summed E-state index contributed by atoms with van der Waals surface area (Å²) < 4.78 is 4.64. The summed E-state index contributed by atoms with van der Waals surface area (Å²) in [6, 6.07) is 12.3. The standard InChI is InChI=1S/C23H24Cl2N2O4/c1-31-20(28)9-6-15-4-2-5-18(12-15)26-21(29)22(30)27-23(10-3-11-23)14-16-7-8-17(24)13-19(16)25/h2,4-5,7-8,12-13H,3,6,9-11,14H2,1H3,(H,26,29)(H,27,30). The Balaban J connectivity index is 1.60. The zero-order valence-electron chi connectivity index (χ0n) is 17.2. The number of benzene rings is 2. The van der Waals surface area contributed by atoms with Gasteiger partial charge in [-0.1, -0.05) is 41.4 Å². The molecule has 31 heavy (non-hydrogen) atoms. The number of nitrogens with one attached hydrogen (secondary N) is 2. The number of methoxy groups -OCH3 is 1. The van der Waals surface area contributed by atoms with Crippen LogP contribution in [0.3, 0.4) is 0 Å². The van der Waals surface area contributed by atoms with Gasteiger partial charge in [0, 0.05) is 27.7 Å². The van der Waals surface area contributed by atoms with Crippen LogP contribution < -0.4 is 10.6 Å². The fraction of sp³-hybridized carbons (Fsp3) is 0.348. The lowest BCUT2D eigenvalue weighted by atomic mass is 9.72. The van der Waals surface area contributed by atoms with Crippen molar-refractivity contribution in [1.82, 2.24) is 5.32 Å². The van der Waals surface area contributed by atoms with Crippen molar-refractivity contribution >= 4 is 46.7 Å². The number of rotatable bonds is 7. The molecule has 0 aliphatic heterocycles. The number of ether oxygens (including phenoxy) is 1. The van der Waals surface area contributed by atoms with Crippen LogP contribution in [0.1, 0.15) is 36.8 Å². The van der Waals surface area contributed by atoms with Crippen LogP contribution in [0.5, 0.6) is 0 Å². The van der Waals surface area contributed by atoms with Crippen molar-refractivity contribution in [1.29, 1.82) is 0 Å². The number of carbonyl (C=O) groups is 3. The number of anilines is 1. The van der Waals surface area contributed by atoms with Crippen LogP contribution in [0.2, 0.25) is 10.0 Å². The molecule has 1 fully saturated rings. The average Bonchev–Trinajstić information content (AvgIpc) is 2.72. The van der Waals surface area contributed by atoms with E-state index in [0.29, 0.717) is 28.6 Å². The van der Waals surface area contributed by atoms with Crippen molar-refractivity contribution < 1.29 is 19.1 Å². The monoisotopic (exact) mass is 462 g/mol. The van der Waals surface area contributed by atoms with Gasteiger partial charge in [0.25, 0.3) is 0 Å². The summed E-state index contributed by atoms with van der Waals surface area (Å²) in [6.45, 7) is 0. The normalized spacial score (nSPS) is 14.3. The van der Waals surface area contributed by atoms with Gasteiger partial charge in [-0.2, -0.15) is 0 Å². The first-order valence-corrected chi connectivity index (χ1v) is 10.8. The van der Waals surface area contributed by atoms with Gasteiger partial charge in [0.05, 0.1) is 7.11 Å². The third-order valence-electron chi connectivity index (χ3n) is 5.47. The van der Waals surface area contributed by atoms with Gasteiger partial charge in [-0.3, -0.25) is 14.4 Å². The Bertz CT molecular complexity index is 989. The number of hydrogen-bond acceptors (Lipinski definition) is 4. The molecule has 0 spiro atoms. The lowest BCUT2D eigenvalue weighted by Crippen LogP contribution is -2.57. The molecule has 1 saturated carbocycles. The van der Waals surface area contributed by atoms with Crippen LogP contribution in [-0.4, -0.2) is 30.4 Å². The second kappa shape index (κ2) is 10.2. The minimum atomic E-state index is -0.737. The SMILES string of the molecule is COC(=O)CCc1cccc(NC(=O)C(=O)NC2(Cc3ccc(Cl)cc3Cl)CCC2)c1. The molecule has 1 aliphatic rings. The second-order valence-corrected chi connectivity index (χ2v) is 8.57. The highest BCUT2D eigenvalue weighted by atomic mass is 35.5. The lowest BCUT2D eigenvalue weighted by Gasteiger charge is -2.42. The maximum Gasteiger partial charge on any atom is 0.313 e. The van der Waals surface area contributed by atoms with Crippen LogP contribution in [-0.2, 0) is 32.0 Å². The van der Waals surface area contributed by atoms with Crippen molar-refractivity contribution in [3.05, 3.63) is 63.6 Å². The Morgan fingerprint density at radius 3 is 2.48 bits per heavy atom. The van der Waals surface area contributed by atoms with Crippen molar-refractivity contribution in [3.8, 4) is 0 Å². The van der Waals surface area contributed by atoms with Crippen molar-refractivity contribution in [2.75, 3.05) is 12.4 Å². The van der Waals surface area contributed by atoms with Crippen LogP contribution in [0.4, 0.5) is 5.69 Å². The molecule has 0 saturated heterocycles. The molecule has 3 rings (SSSR count). The van der Waals surface area contributed by atoms with E-state index in [9.17, 15) is 14.4 Å². The fourth-order valence-corrected chi connectivity index (χ4v) is 4.09. The first kappa shape index (κ1) is 23.1. The van der Waals surface area contributed by atoms with Gasteiger partial charge < -0.3 is 15.4 Å². The molecule has 1 aliphatic carbocycles. The van der Waals surface area contributed by atoms with Gasteiger partial charge in [0.2, 0.25) is 0 Å². The molecule has 0 bridgehead atoms. The maximum atomic E-state index is 12.6. The quantitative estimate of drug-likeness (QED) is 0.473. The van der Waals surface area contributed by atoms with Gasteiger partial charge >= 0.3 is 17.8 Å². The molecule has 164 valence electrons. The lowest BCUT2D eigenvalue weighted by molar-refractivity contribution is -0.140. The molecular weight excluding hydrogens is 439 g/mol. The average molecular weight is 463 g/mol. The molecule has 6 nitrogen and oxygen atoms in total. The molecule has 2 amide bonds. The Morgan fingerprint density at radius 1 is 1.06 bits per heavy atom. The molecule has 0 atom stereocenters. The number of carbonyl (C=O) groups excluding carboxylic acids is 3. The first-order valence-electron chi connectivity index (χ1n) is 10.0. The summed E-state index contributed by atoms with van der Waals surface area (Å²) in [4.78, 5) is 36.4. The Labute approximate surface area is 191 Å². The van der Waals surface area contributed by atoms with Crippen molar-refractivity contribution in [2.45, 2.75) is 44.1 Å². The minimum Gasteiger partial charge on any atom is -0.469 e. The Hall–Kier alpha value is -2.57. The van der Waals surface area contributed by atoms with E-state index >= 15 is 0 Å². The first-order chi connectivity index (χ1) is 14.8. The summed E-state index contributed by atoms with van der Waals surface area (Å²) >= 11 is 12.2. The largest absolute Gasteiger partial charge is 0.469 e. The summed E-state index contributed by atoms with van der Waals surface area (Å²) in [7, 11) is 1.34. The van der Waals surface area contributed by atoms with Gasteiger partial charge in [0.15, 0.2) is 0 Å². The van der Waals surface area contributed by atoms with Gasteiger partial charge in [-0.15, -0.1) is 0 Å². The second-order valence-electron chi connectivity index (χ2n) is 7.73. The van der Waals surface area contributed by atoms with Crippen molar-refractivity contribution in [3.63, 3.8) is 0 Å². The van der Waals surface area contributed by atoms with E-state index in [-0.39, 0.29) is 12.4 Å². The Morgan fingerprint density at radius 2 is 1.84 bits per heavy atom. The molecule has 8 heteroatoms. The van der Waals surface area contributed by atoms with E-state index in [4.69, 9.17) is 23.2 Å². The molecule has 2 aromatic rings. The number of amides is 2. The smallest absolute Gasteiger partial charge is 0.313 e. The zero-order valence-corrected chi connectivity index (χ0v) is 18.7. The number of esters is 1. The topological polar surface area (TPSA) is 84.5 Å². The number of hydrogen-bond donors (Lipinski definition) is 2. The molecule has 2 aromatic carbocycles. The van der Waals surface area contributed by atoms with Crippen molar-refractivity contribution in [2.24, 2.45) is 0 Å². The van der Waals surface area contributed by atoms with Crippen LogP contribution in [0.25, 0.3) is 0 Å². The fourth-order valence-electron chi connectivity index (χ4n) is 3.62. The minimum absolute atomic E-state index is 0.240. The predicted octanol–water partition coefficient (Wildman–Crippen LogP) is 4.32. The van der Waals surface area contributed by atoms with E-state index in [1.807, 2.05) is 12.1 Å². The number of aryl methyl sites for hydroxylation is 1. The van der Waals surface area contributed by atoms with Gasteiger partial charge in [0.1, 0.15) is 0 Å². The predicted molar refractivity (Wildman–Crippen MR) is 120 cm³/mol. The van der Waals surface area contributed by atoms with Crippen LogP contribution in [0, 0.1) is 0 Å². The summed E-state index contributed by atoms with van der Waals surface area (Å²) in [5.74, 6) is -1.73. The number of halogens is 2. The van der Waals surface area contributed by atoms with E-state index < -0.39 is 17.4 Å². The summed E-state index contributed by atoms with van der Waals surface area (Å²) in [5.41, 5.74) is 1.74. The molecule has 0 radical (unpaired) electrons. The highest BCUT2D eigenvalue weighted by Crippen LogP contribution is 2.37. The van der Waals surface area contributed by atoms with E-state index in [0.717, 1.165) is 30.4 Å². The van der Waals surface area contributed by atoms with E-state index in [1.165, 1.54) is 7.11 Å². The van der Waals surface area contributed by atoms with Crippen LogP contribution in [0.15, 0.2) is 42.5 Å². The van der Waals surface area contributed by atoms with E-state index in [1.54, 1.807) is 30.3 Å². The maximum absolute atomic E-state index is 12.6. The highest BCUT2D eigenvalue weighted by molar-refractivity contribution is 6.39. The van der Waals surface area contributed by atoms with Gasteiger partial charge in [-0.25, -0.2) is 0 Å². The third-order valence-corrected chi connectivity index (χ3v) is 6.06.